The first-order chi connectivity index (χ1) is 13.4. The first kappa shape index (κ1) is 20.2. The van der Waals surface area contributed by atoms with Gasteiger partial charge in [-0.2, -0.15) is 0 Å². The molecule has 0 aromatic heterocycles. The number of para-hydroxylation sites is 2. The number of benzene rings is 3. The van der Waals surface area contributed by atoms with Crippen molar-refractivity contribution < 1.29 is 17.5 Å². The van der Waals surface area contributed by atoms with Crippen LogP contribution >= 0.6 is 11.6 Å². The molecule has 0 saturated heterocycles. The average molecular weight is 420 g/mol. The van der Waals surface area contributed by atoms with Gasteiger partial charge in [-0.05, 0) is 43.3 Å². The van der Waals surface area contributed by atoms with Gasteiger partial charge in [0.05, 0.1) is 23.7 Å². The van der Waals surface area contributed by atoms with Gasteiger partial charge in [-0.15, -0.1) is 0 Å². The molecule has 0 aliphatic rings. The molecular weight excluding hydrogens is 401 g/mol. The molecule has 0 aliphatic heterocycles. The number of hydrogen-bond donors (Lipinski definition) is 0. The molecule has 146 valence electrons. The Morgan fingerprint density at radius 2 is 1.64 bits per heavy atom. The molecule has 0 amide bonds. The van der Waals surface area contributed by atoms with Crippen molar-refractivity contribution in [2.45, 2.75) is 18.4 Å². The van der Waals surface area contributed by atoms with Crippen molar-refractivity contribution in [3.05, 3.63) is 89.2 Å². The molecule has 0 fully saturated rings. The van der Waals surface area contributed by atoms with Gasteiger partial charge in [0.1, 0.15) is 11.6 Å². The van der Waals surface area contributed by atoms with Gasteiger partial charge in [-0.25, -0.2) is 12.8 Å². The second kappa shape index (κ2) is 8.63. The first-order valence-electron chi connectivity index (χ1n) is 8.67. The molecular formula is C21H19ClFNO3S. The average Bonchev–Trinajstić information content (AvgIpc) is 2.69. The Balaban J connectivity index is 2.18. The summed E-state index contributed by atoms with van der Waals surface area (Å²) in [5.41, 5.74) is 0.405. The third kappa shape index (κ3) is 4.13. The van der Waals surface area contributed by atoms with Crippen molar-refractivity contribution in [2.75, 3.05) is 10.9 Å². The maximum absolute atomic E-state index is 14.4. The van der Waals surface area contributed by atoms with Crippen molar-refractivity contribution in [2.24, 2.45) is 0 Å². The smallest absolute Gasteiger partial charge is 0.264 e. The summed E-state index contributed by atoms with van der Waals surface area (Å²) >= 11 is 6.17. The van der Waals surface area contributed by atoms with Crippen molar-refractivity contribution >= 4 is 27.3 Å². The predicted octanol–water partition coefficient (Wildman–Crippen LogP) is 5.27. The van der Waals surface area contributed by atoms with Crippen LogP contribution in [0.1, 0.15) is 12.5 Å². The summed E-state index contributed by atoms with van der Waals surface area (Å²) in [4.78, 5) is 0.0914. The molecule has 7 heteroatoms. The number of nitrogens with zero attached hydrogens (tertiary/aromatic N) is 1. The summed E-state index contributed by atoms with van der Waals surface area (Å²) in [7, 11) is -4.00. The normalized spacial score (nSPS) is 11.2. The largest absolute Gasteiger partial charge is 0.492 e. The van der Waals surface area contributed by atoms with E-state index in [1.54, 1.807) is 49.4 Å². The van der Waals surface area contributed by atoms with E-state index in [9.17, 15) is 12.8 Å². The lowest BCUT2D eigenvalue weighted by Crippen LogP contribution is -2.31. The third-order valence-corrected chi connectivity index (χ3v) is 6.26. The number of ether oxygens (including phenoxy) is 1. The standard InChI is InChI=1S/C21H19ClFNO3S/c1-2-27-21-14-7-6-13-20(21)24(15-17-18(22)11-8-12-19(17)23)28(25,26)16-9-4-3-5-10-16/h3-14H,2,15H2,1H3. The van der Waals surface area contributed by atoms with E-state index in [1.807, 2.05) is 0 Å². The number of sulfonamides is 1. The number of anilines is 1. The van der Waals surface area contributed by atoms with E-state index in [0.29, 0.717) is 18.0 Å². The summed E-state index contributed by atoms with van der Waals surface area (Å²) in [5.74, 6) is -0.188. The van der Waals surface area contributed by atoms with E-state index in [0.717, 1.165) is 4.31 Å². The van der Waals surface area contributed by atoms with Gasteiger partial charge in [0.2, 0.25) is 0 Å². The number of hydrogen-bond acceptors (Lipinski definition) is 3. The molecule has 0 atom stereocenters. The highest BCUT2D eigenvalue weighted by Crippen LogP contribution is 2.35. The fraction of sp³-hybridized carbons (Fsp3) is 0.143. The molecule has 0 heterocycles. The lowest BCUT2D eigenvalue weighted by atomic mass is 10.2. The summed E-state index contributed by atoms with van der Waals surface area (Å²) in [6.45, 7) is 1.89. The monoisotopic (exact) mass is 419 g/mol. The highest BCUT2D eigenvalue weighted by molar-refractivity contribution is 7.92. The summed E-state index contributed by atoms with van der Waals surface area (Å²) < 4.78 is 48.0. The van der Waals surface area contributed by atoms with E-state index in [2.05, 4.69) is 0 Å². The highest BCUT2D eigenvalue weighted by Gasteiger charge is 2.29. The predicted molar refractivity (Wildman–Crippen MR) is 109 cm³/mol. The van der Waals surface area contributed by atoms with Crippen molar-refractivity contribution in [3.8, 4) is 5.75 Å². The van der Waals surface area contributed by atoms with Gasteiger partial charge < -0.3 is 4.74 Å². The molecule has 4 nitrogen and oxygen atoms in total. The number of rotatable bonds is 7. The Kier molecular flexibility index (Phi) is 6.21. The van der Waals surface area contributed by atoms with Crippen molar-refractivity contribution in [1.82, 2.24) is 0 Å². The summed E-state index contributed by atoms with van der Waals surface area (Å²) in [6.07, 6.45) is 0. The van der Waals surface area contributed by atoms with Gasteiger partial charge in [0, 0.05) is 10.6 Å². The molecule has 0 unspecified atom stereocenters. The summed E-state index contributed by atoms with van der Waals surface area (Å²) in [5, 5.41) is 0.155. The van der Waals surface area contributed by atoms with Crippen molar-refractivity contribution in [3.63, 3.8) is 0 Å². The van der Waals surface area contributed by atoms with E-state index < -0.39 is 15.8 Å². The molecule has 0 spiro atoms. The molecule has 3 rings (SSSR count). The molecule has 0 saturated carbocycles. The fourth-order valence-electron chi connectivity index (χ4n) is 2.79. The number of halogens is 2. The van der Waals surface area contributed by atoms with Crippen LogP contribution in [0.15, 0.2) is 77.7 Å². The zero-order chi connectivity index (χ0) is 20.1. The summed E-state index contributed by atoms with van der Waals surface area (Å²) in [6, 6.07) is 19.0. The molecule has 28 heavy (non-hydrogen) atoms. The SMILES string of the molecule is CCOc1ccccc1N(Cc1c(F)cccc1Cl)S(=O)(=O)c1ccccc1. The lowest BCUT2D eigenvalue weighted by molar-refractivity contribution is 0.341. The van der Waals surface area contributed by atoms with Gasteiger partial charge >= 0.3 is 0 Å². The van der Waals surface area contributed by atoms with Gasteiger partial charge in [-0.1, -0.05) is 48.0 Å². The van der Waals surface area contributed by atoms with Crippen LogP contribution in [0.25, 0.3) is 0 Å². The molecule has 0 N–H and O–H groups in total. The quantitative estimate of drug-likeness (QED) is 0.523. The Bertz CT molecular complexity index is 1040. The Hall–Kier alpha value is -2.57. The fourth-order valence-corrected chi connectivity index (χ4v) is 4.47. The first-order valence-corrected chi connectivity index (χ1v) is 10.5. The van der Waals surface area contributed by atoms with Crippen LogP contribution < -0.4 is 9.04 Å². The Labute approximate surface area is 169 Å². The van der Waals surface area contributed by atoms with E-state index in [-0.39, 0.29) is 22.0 Å². The van der Waals surface area contributed by atoms with Crippen LogP contribution in [0.2, 0.25) is 5.02 Å². The van der Waals surface area contributed by atoms with E-state index >= 15 is 0 Å². The van der Waals surface area contributed by atoms with Crippen LogP contribution in [-0.4, -0.2) is 15.0 Å². The maximum Gasteiger partial charge on any atom is 0.264 e. The van der Waals surface area contributed by atoms with Crippen LogP contribution in [0.4, 0.5) is 10.1 Å². The third-order valence-electron chi connectivity index (χ3n) is 4.13. The van der Waals surface area contributed by atoms with Gasteiger partial charge in [0.15, 0.2) is 0 Å². The zero-order valence-electron chi connectivity index (χ0n) is 15.2. The molecule has 3 aromatic carbocycles. The Morgan fingerprint density at radius 1 is 0.964 bits per heavy atom. The minimum absolute atomic E-state index is 0.0914. The second-order valence-electron chi connectivity index (χ2n) is 5.93. The minimum Gasteiger partial charge on any atom is -0.492 e. The second-order valence-corrected chi connectivity index (χ2v) is 8.20. The Morgan fingerprint density at radius 3 is 2.32 bits per heavy atom. The topological polar surface area (TPSA) is 46.6 Å². The van der Waals surface area contributed by atoms with Crippen LogP contribution in [0.3, 0.4) is 0 Å². The van der Waals surface area contributed by atoms with Gasteiger partial charge in [-0.3, -0.25) is 4.31 Å². The maximum atomic E-state index is 14.4. The highest BCUT2D eigenvalue weighted by atomic mass is 35.5. The van der Waals surface area contributed by atoms with Crippen LogP contribution in [-0.2, 0) is 16.6 Å². The molecule has 3 aromatic rings. The van der Waals surface area contributed by atoms with E-state index in [4.69, 9.17) is 16.3 Å². The van der Waals surface area contributed by atoms with Crippen LogP contribution in [0.5, 0.6) is 5.75 Å². The van der Waals surface area contributed by atoms with E-state index in [1.165, 1.54) is 30.3 Å². The van der Waals surface area contributed by atoms with Gasteiger partial charge in [0.25, 0.3) is 10.0 Å². The van der Waals surface area contributed by atoms with Crippen molar-refractivity contribution in [1.29, 1.82) is 0 Å². The molecule has 0 aliphatic carbocycles. The molecule has 0 bridgehead atoms. The molecule has 0 radical (unpaired) electrons. The lowest BCUT2D eigenvalue weighted by Gasteiger charge is -2.27. The minimum atomic E-state index is -4.00. The zero-order valence-corrected chi connectivity index (χ0v) is 16.8. The van der Waals surface area contributed by atoms with Crippen LogP contribution in [0, 0.1) is 5.82 Å².